The molecule has 4 N–H and O–H groups in total. The van der Waals surface area contributed by atoms with Crippen LogP contribution in [0.2, 0.25) is 0 Å². The maximum Gasteiger partial charge on any atom is 0.248 e. The van der Waals surface area contributed by atoms with E-state index in [1.165, 1.54) is 4.90 Å². The molecule has 1 aromatic carbocycles. The number of hydrogen-bond acceptors (Lipinski definition) is 9. The first kappa shape index (κ1) is 32.0. The summed E-state index contributed by atoms with van der Waals surface area (Å²) in [6.07, 6.45) is -1.71. The van der Waals surface area contributed by atoms with Crippen LogP contribution < -0.4 is 11.1 Å². The molecule has 1 aromatic heterocycles. The lowest BCUT2D eigenvalue weighted by atomic mass is 9.72. The number of aryl methyl sites for hydroxylation is 1. The molecular formula is C30H43N5O6S. The smallest absolute Gasteiger partial charge is 0.248 e. The van der Waals surface area contributed by atoms with Gasteiger partial charge in [0.15, 0.2) is 6.10 Å². The number of β-amino-alcohol motifs (C(OH)–C–C–N with tert-alkyl or cyclic N) is 1. The van der Waals surface area contributed by atoms with E-state index >= 15 is 0 Å². The van der Waals surface area contributed by atoms with Gasteiger partial charge in [-0.15, -0.1) is 11.3 Å². The number of morpholine rings is 1. The number of carbonyl (C=O) groups excluding carboxylic acids is 3. The predicted molar refractivity (Wildman–Crippen MR) is 159 cm³/mol. The zero-order valence-electron chi connectivity index (χ0n) is 25.0. The number of hydrogen-bond donors (Lipinski definition) is 3. The highest BCUT2D eigenvalue weighted by Crippen LogP contribution is 2.38. The number of nitrogens with two attached hydrogens (primary N) is 1. The molecule has 3 amide bonds. The second kappa shape index (κ2) is 13.6. The molecule has 42 heavy (non-hydrogen) atoms. The van der Waals surface area contributed by atoms with Gasteiger partial charge in [0, 0.05) is 39.7 Å². The molecule has 3 heterocycles. The lowest BCUT2D eigenvalue weighted by Gasteiger charge is -2.48. The molecule has 5 atom stereocenters. The van der Waals surface area contributed by atoms with Crippen molar-refractivity contribution in [2.24, 2.45) is 17.1 Å². The fourth-order valence-corrected chi connectivity index (χ4v) is 6.83. The third kappa shape index (κ3) is 7.17. The Morgan fingerprint density at radius 3 is 2.57 bits per heavy atom. The number of ether oxygens (including phenoxy) is 2. The molecule has 230 valence electrons. The van der Waals surface area contributed by atoms with Crippen molar-refractivity contribution in [3.05, 3.63) is 41.0 Å². The molecule has 2 aliphatic heterocycles. The van der Waals surface area contributed by atoms with Crippen molar-refractivity contribution in [1.82, 2.24) is 20.1 Å². The van der Waals surface area contributed by atoms with Gasteiger partial charge < -0.3 is 30.5 Å². The number of aromatic nitrogens is 1. The molecule has 4 rings (SSSR count). The first-order valence-corrected chi connectivity index (χ1v) is 15.2. The predicted octanol–water partition coefficient (Wildman–Crippen LogP) is 1.56. The number of nitrogens with one attached hydrogen (secondary N) is 1. The minimum Gasteiger partial charge on any atom is -0.391 e. The Morgan fingerprint density at radius 2 is 1.98 bits per heavy atom. The Morgan fingerprint density at radius 1 is 1.26 bits per heavy atom. The quantitative estimate of drug-likeness (QED) is 0.372. The van der Waals surface area contributed by atoms with Crippen molar-refractivity contribution in [2.75, 3.05) is 40.0 Å². The maximum absolute atomic E-state index is 14.4. The van der Waals surface area contributed by atoms with Crippen molar-refractivity contribution >= 4 is 29.1 Å². The zero-order valence-corrected chi connectivity index (χ0v) is 25.9. The second-order valence-corrected chi connectivity index (χ2v) is 13.0. The van der Waals surface area contributed by atoms with Crippen molar-refractivity contribution in [2.45, 2.75) is 65.0 Å². The monoisotopic (exact) mass is 601 g/mol. The van der Waals surface area contributed by atoms with Gasteiger partial charge in [0.05, 0.1) is 47.4 Å². The van der Waals surface area contributed by atoms with Gasteiger partial charge in [-0.05, 0) is 23.5 Å². The number of rotatable bonds is 10. The Kier molecular flexibility index (Phi) is 10.4. The molecule has 2 aromatic rings. The highest BCUT2D eigenvalue weighted by Gasteiger charge is 2.52. The first-order chi connectivity index (χ1) is 19.9. The number of benzene rings is 1. The molecule has 0 radical (unpaired) electrons. The summed E-state index contributed by atoms with van der Waals surface area (Å²) in [6, 6.07) is 6.42. The summed E-state index contributed by atoms with van der Waals surface area (Å²) in [5, 5.41) is 13.5. The standard InChI is InChI=1S/C30H43N5O6S/c1-18-26(42-17-33-18)20-8-6-19(7-9-20)15-32-28(38)22-14-21(36)16-35(22)29(39)23(30(2,3)4)24-25(27(31)37)41-13-11-34(24)10-12-40-5/h6-9,17,21-25,36H,10-16H2,1-5H3,(H2,31,37)(H,32,38)/t21-,22+,23+,24?,25?/m1/s1. The number of carbonyl (C=O) groups is 3. The molecular weight excluding hydrogens is 558 g/mol. The number of aliphatic hydroxyl groups is 1. The lowest BCUT2D eigenvalue weighted by Crippen LogP contribution is -2.65. The molecule has 0 bridgehead atoms. The van der Waals surface area contributed by atoms with E-state index in [4.69, 9.17) is 15.2 Å². The van der Waals surface area contributed by atoms with E-state index in [0.29, 0.717) is 26.3 Å². The summed E-state index contributed by atoms with van der Waals surface area (Å²) in [7, 11) is 1.60. The Labute approximate surface area is 251 Å². The highest BCUT2D eigenvalue weighted by molar-refractivity contribution is 7.13. The number of nitrogens with zero attached hydrogens (tertiary/aromatic N) is 3. The van der Waals surface area contributed by atoms with Gasteiger partial charge in [-0.3, -0.25) is 19.3 Å². The third-order valence-corrected chi connectivity index (χ3v) is 9.08. The van der Waals surface area contributed by atoms with Crippen LogP contribution in [0.3, 0.4) is 0 Å². The normalized spacial score (nSPS) is 24.0. The fraction of sp³-hybridized carbons (Fsp3) is 0.600. The van der Waals surface area contributed by atoms with E-state index in [1.807, 2.05) is 62.4 Å². The summed E-state index contributed by atoms with van der Waals surface area (Å²) < 4.78 is 11.1. The number of primary amides is 1. The number of amides is 3. The van der Waals surface area contributed by atoms with Crippen LogP contribution in [-0.2, 0) is 30.4 Å². The summed E-state index contributed by atoms with van der Waals surface area (Å²) in [4.78, 5) is 49.2. The van der Waals surface area contributed by atoms with Gasteiger partial charge in [0.25, 0.3) is 0 Å². The van der Waals surface area contributed by atoms with Crippen molar-refractivity contribution in [3.63, 3.8) is 0 Å². The van der Waals surface area contributed by atoms with E-state index < -0.39 is 41.5 Å². The van der Waals surface area contributed by atoms with Crippen LogP contribution in [0.25, 0.3) is 10.4 Å². The topological polar surface area (TPSA) is 147 Å². The van der Waals surface area contributed by atoms with Crippen LogP contribution in [-0.4, -0.2) is 102 Å². The van der Waals surface area contributed by atoms with E-state index in [0.717, 1.165) is 21.7 Å². The summed E-state index contributed by atoms with van der Waals surface area (Å²) >= 11 is 1.58. The first-order valence-electron chi connectivity index (χ1n) is 14.3. The molecule has 2 unspecified atom stereocenters. The minimum absolute atomic E-state index is 0.0271. The second-order valence-electron chi connectivity index (χ2n) is 12.1. The van der Waals surface area contributed by atoms with Gasteiger partial charge in [-0.2, -0.15) is 0 Å². The van der Waals surface area contributed by atoms with Crippen LogP contribution in [0.1, 0.15) is 38.4 Å². The van der Waals surface area contributed by atoms with Crippen LogP contribution in [0.4, 0.5) is 0 Å². The summed E-state index contributed by atoms with van der Waals surface area (Å²) in [5.74, 6) is -2.03. The minimum atomic E-state index is -1.000. The van der Waals surface area contributed by atoms with Gasteiger partial charge in [0.2, 0.25) is 17.7 Å². The van der Waals surface area contributed by atoms with Crippen LogP contribution in [0.15, 0.2) is 29.8 Å². The summed E-state index contributed by atoms with van der Waals surface area (Å²) in [5.41, 5.74) is 9.92. The molecule has 11 nitrogen and oxygen atoms in total. The van der Waals surface area contributed by atoms with E-state index in [1.54, 1.807) is 18.4 Å². The lowest BCUT2D eigenvalue weighted by molar-refractivity contribution is -0.163. The maximum atomic E-state index is 14.4. The van der Waals surface area contributed by atoms with Gasteiger partial charge in [-0.25, -0.2) is 4.98 Å². The van der Waals surface area contributed by atoms with Crippen molar-refractivity contribution < 1.29 is 29.0 Å². The molecule has 0 saturated carbocycles. The molecule has 0 spiro atoms. The van der Waals surface area contributed by atoms with Crippen molar-refractivity contribution in [3.8, 4) is 10.4 Å². The van der Waals surface area contributed by atoms with E-state index in [9.17, 15) is 19.5 Å². The summed E-state index contributed by atoms with van der Waals surface area (Å²) in [6.45, 7) is 9.76. The van der Waals surface area contributed by atoms with E-state index in [-0.39, 0.29) is 31.3 Å². The van der Waals surface area contributed by atoms with Crippen LogP contribution in [0, 0.1) is 18.3 Å². The average molecular weight is 602 g/mol. The third-order valence-electron chi connectivity index (χ3n) is 8.10. The van der Waals surface area contributed by atoms with Crippen molar-refractivity contribution in [1.29, 1.82) is 0 Å². The zero-order chi connectivity index (χ0) is 30.6. The molecule has 2 aliphatic rings. The van der Waals surface area contributed by atoms with Gasteiger partial charge in [-0.1, -0.05) is 45.0 Å². The average Bonchev–Trinajstić information content (AvgIpc) is 3.55. The van der Waals surface area contributed by atoms with Crippen LogP contribution in [0.5, 0.6) is 0 Å². The molecule has 12 heteroatoms. The Hall–Kier alpha value is -2.90. The Balaban J connectivity index is 1.52. The van der Waals surface area contributed by atoms with Crippen LogP contribution >= 0.6 is 11.3 Å². The van der Waals surface area contributed by atoms with Gasteiger partial charge in [0.1, 0.15) is 6.04 Å². The van der Waals surface area contributed by atoms with Gasteiger partial charge >= 0.3 is 0 Å². The highest BCUT2D eigenvalue weighted by atomic mass is 32.1. The number of likely N-dealkylation sites (tertiary alicyclic amines) is 1. The fourth-order valence-electron chi connectivity index (χ4n) is 6.01. The molecule has 0 aliphatic carbocycles. The van der Waals surface area contributed by atoms with E-state index in [2.05, 4.69) is 10.3 Å². The number of aliphatic hydroxyl groups excluding tert-OH is 1. The SMILES string of the molecule is COCCN1CCOC(C(N)=O)C1[C@@H](C(=O)N1C[C@H](O)C[C@H]1C(=O)NCc1ccc(-c2scnc2C)cc1)C(C)(C)C. The number of thiazole rings is 1. The molecule has 2 fully saturated rings. The largest absolute Gasteiger partial charge is 0.391 e. The molecule has 2 saturated heterocycles. The number of methoxy groups -OCH3 is 1. The Bertz CT molecular complexity index is 1250.